The van der Waals surface area contributed by atoms with Crippen molar-refractivity contribution < 1.29 is 18.1 Å². The van der Waals surface area contributed by atoms with Gasteiger partial charge in [0.25, 0.3) is 21.6 Å². The molecule has 0 fully saturated rings. The SMILES string of the molecule is CCc1ccc(-c2nc(C(=O)NNS(=O)(=O)c3ccc(C)c([N+](=O)[O-])c3)cs2)cc1. The minimum absolute atomic E-state index is 0.0483. The third-order valence-electron chi connectivity index (χ3n) is 4.33. The number of rotatable bonds is 7. The van der Waals surface area contributed by atoms with Crippen LogP contribution < -0.4 is 10.3 Å². The zero-order valence-corrected chi connectivity index (χ0v) is 17.7. The number of hydrogen-bond donors (Lipinski definition) is 2. The molecule has 0 bridgehead atoms. The smallest absolute Gasteiger partial charge is 0.272 e. The molecule has 2 N–H and O–H groups in total. The molecule has 1 aromatic heterocycles. The van der Waals surface area contributed by atoms with Gasteiger partial charge in [-0.05, 0) is 25.0 Å². The van der Waals surface area contributed by atoms with Crippen molar-refractivity contribution in [2.75, 3.05) is 0 Å². The van der Waals surface area contributed by atoms with Gasteiger partial charge in [-0.2, -0.15) is 0 Å². The minimum atomic E-state index is -4.20. The van der Waals surface area contributed by atoms with E-state index in [0.29, 0.717) is 10.6 Å². The number of aromatic nitrogens is 1. The van der Waals surface area contributed by atoms with Gasteiger partial charge in [0.05, 0.1) is 9.82 Å². The van der Waals surface area contributed by atoms with Gasteiger partial charge in [-0.15, -0.1) is 16.2 Å². The summed E-state index contributed by atoms with van der Waals surface area (Å²) < 4.78 is 24.7. The fraction of sp³-hybridized carbons (Fsp3) is 0.158. The Hall–Kier alpha value is -3.15. The molecule has 3 rings (SSSR count). The molecule has 3 aromatic rings. The molecular formula is C19H18N4O5S2. The molecule has 0 aliphatic carbocycles. The van der Waals surface area contributed by atoms with Crippen molar-refractivity contribution in [2.45, 2.75) is 25.2 Å². The molecule has 0 saturated carbocycles. The van der Waals surface area contributed by atoms with Crippen molar-refractivity contribution in [1.29, 1.82) is 0 Å². The molecule has 0 unspecified atom stereocenters. The number of carbonyl (C=O) groups excluding carboxylic acids is 1. The van der Waals surface area contributed by atoms with Gasteiger partial charge in [-0.1, -0.05) is 37.3 Å². The third-order valence-corrected chi connectivity index (χ3v) is 6.47. The molecule has 1 heterocycles. The maximum Gasteiger partial charge on any atom is 0.285 e. The van der Waals surface area contributed by atoms with Crippen LogP contribution in [0.25, 0.3) is 10.6 Å². The highest BCUT2D eigenvalue weighted by molar-refractivity contribution is 7.89. The number of sulfonamides is 1. The first-order chi connectivity index (χ1) is 14.2. The van der Waals surface area contributed by atoms with E-state index in [2.05, 4.69) is 17.3 Å². The summed E-state index contributed by atoms with van der Waals surface area (Å²) in [5.41, 5.74) is 4.15. The van der Waals surface area contributed by atoms with E-state index in [1.807, 2.05) is 29.1 Å². The standard InChI is InChI=1S/C19H18N4O5S2/c1-3-13-5-7-14(8-6-13)19-20-16(11-29-19)18(24)21-22-30(27,28)15-9-4-12(2)17(10-15)23(25)26/h4-11,22H,3H2,1-2H3,(H,21,24). The molecular weight excluding hydrogens is 428 g/mol. The summed E-state index contributed by atoms with van der Waals surface area (Å²) in [5.74, 6) is -0.743. The molecule has 0 saturated heterocycles. The van der Waals surface area contributed by atoms with E-state index in [1.165, 1.54) is 41.3 Å². The summed E-state index contributed by atoms with van der Waals surface area (Å²) >= 11 is 1.26. The fourth-order valence-corrected chi connectivity index (χ4v) is 4.25. The lowest BCUT2D eigenvalue weighted by Crippen LogP contribution is -2.41. The summed E-state index contributed by atoms with van der Waals surface area (Å²) in [6.45, 7) is 3.55. The van der Waals surface area contributed by atoms with Crippen molar-refractivity contribution >= 4 is 33.0 Å². The first kappa shape index (κ1) is 21.6. The summed E-state index contributed by atoms with van der Waals surface area (Å²) in [6.07, 6.45) is 0.913. The number of hydrazine groups is 1. The van der Waals surface area contributed by atoms with Crippen molar-refractivity contribution in [3.63, 3.8) is 0 Å². The Morgan fingerprint density at radius 2 is 1.90 bits per heavy atom. The van der Waals surface area contributed by atoms with Crippen molar-refractivity contribution in [3.8, 4) is 10.6 Å². The van der Waals surface area contributed by atoms with E-state index in [-0.39, 0.29) is 16.3 Å². The highest BCUT2D eigenvalue weighted by Gasteiger charge is 2.21. The molecule has 156 valence electrons. The van der Waals surface area contributed by atoms with E-state index >= 15 is 0 Å². The predicted octanol–water partition coefficient (Wildman–Crippen LogP) is 3.21. The van der Waals surface area contributed by atoms with Crippen molar-refractivity contribution in [3.05, 3.63) is 74.8 Å². The number of nitro groups is 1. The van der Waals surface area contributed by atoms with Crippen LogP contribution >= 0.6 is 11.3 Å². The van der Waals surface area contributed by atoms with Gasteiger partial charge in [0, 0.05) is 22.6 Å². The Morgan fingerprint density at radius 3 is 2.53 bits per heavy atom. The molecule has 30 heavy (non-hydrogen) atoms. The zero-order valence-electron chi connectivity index (χ0n) is 16.1. The Labute approximate surface area is 177 Å². The van der Waals surface area contributed by atoms with E-state index in [0.717, 1.165) is 18.1 Å². The van der Waals surface area contributed by atoms with Crippen LogP contribution in [0.2, 0.25) is 0 Å². The van der Waals surface area contributed by atoms with Crippen LogP contribution in [0.15, 0.2) is 52.7 Å². The Bertz CT molecular complexity index is 1200. The Balaban J connectivity index is 1.71. The lowest BCUT2D eigenvalue weighted by Gasteiger charge is -2.08. The topological polar surface area (TPSA) is 131 Å². The predicted molar refractivity (Wildman–Crippen MR) is 113 cm³/mol. The lowest BCUT2D eigenvalue weighted by molar-refractivity contribution is -0.385. The van der Waals surface area contributed by atoms with Crippen LogP contribution in [0, 0.1) is 17.0 Å². The number of amides is 1. The lowest BCUT2D eigenvalue weighted by atomic mass is 10.1. The number of nitro benzene ring substituents is 1. The van der Waals surface area contributed by atoms with Crippen LogP contribution in [0.3, 0.4) is 0 Å². The first-order valence-corrected chi connectivity index (χ1v) is 11.2. The first-order valence-electron chi connectivity index (χ1n) is 8.83. The zero-order chi connectivity index (χ0) is 21.9. The largest absolute Gasteiger partial charge is 0.285 e. The highest BCUT2D eigenvalue weighted by atomic mass is 32.2. The monoisotopic (exact) mass is 446 g/mol. The maximum absolute atomic E-state index is 12.4. The van der Waals surface area contributed by atoms with Crippen molar-refractivity contribution in [1.82, 2.24) is 15.2 Å². The number of benzene rings is 2. The van der Waals surface area contributed by atoms with E-state index < -0.39 is 20.9 Å². The third kappa shape index (κ3) is 4.70. The molecule has 11 heteroatoms. The van der Waals surface area contributed by atoms with Gasteiger partial charge in [0.15, 0.2) is 0 Å². The Kier molecular flexibility index (Phi) is 6.25. The van der Waals surface area contributed by atoms with Gasteiger partial charge < -0.3 is 0 Å². The molecule has 1 amide bonds. The van der Waals surface area contributed by atoms with Crippen molar-refractivity contribution in [2.24, 2.45) is 0 Å². The average Bonchev–Trinajstić information content (AvgIpc) is 3.22. The maximum atomic E-state index is 12.4. The average molecular weight is 447 g/mol. The van der Waals surface area contributed by atoms with Crippen LogP contribution in [0.5, 0.6) is 0 Å². The minimum Gasteiger partial charge on any atom is -0.272 e. The van der Waals surface area contributed by atoms with E-state index in [9.17, 15) is 23.3 Å². The summed E-state index contributed by atoms with van der Waals surface area (Å²) in [7, 11) is -4.20. The molecule has 0 radical (unpaired) electrons. The molecule has 0 spiro atoms. The Morgan fingerprint density at radius 1 is 1.20 bits per heavy atom. The van der Waals surface area contributed by atoms with Crippen LogP contribution in [-0.2, 0) is 16.4 Å². The second kappa shape index (κ2) is 8.69. The number of thiazole rings is 1. The van der Waals surface area contributed by atoms with Gasteiger partial charge in [0.1, 0.15) is 10.7 Å². The molecule has 0 aliphatic rings. The number of carbonyl (C=O) groups is 1. The summed E-state index contributed by atoms with van der Waals surface area (Å²) in [4.78, 5) is 28.5. The molecule has 0 aliphatic heterocycles. The van der Waals surface area contributed by atoms with Crippen LogP contribution in [-0.4, -0.2) is 24.2 Å². The number of nitrogens with zero attached hydrogens (tertiary/aromatic N) is 2. The normalized spacial score (nSPS) is 11.3. The number of hydrogen-bond acceptors (Lipinski definition) is 7. The summed E-state index contributed by atoms with van der Waals surface area (Å²) in [5, 5.41) is 13.2. The molecule has 9 nitrogen and oxygen atoms in total. The second-order valence-electron chi connectivity index (χ2n) is 6.35. The second-order valence-corrected chi connectivity index (χ2v) is 8.89. The van der Waals surface area contributed by atoms with Crippen LogP contribution in [0.4, 0.5) is 5.69 Å². The fourth-order valence-electron chi connectivity index (χ4n) is 2.58. The van der Waals surface area contributed by atoms with Crippen LogP contribution in [0.1, 0.15) is 28.5 Å². The van der Waals surface area contributed by atoms with Gasteiger partial charge in [0.2, 0.25) is 0 Å². The van der Waals surface area contributed by atoms with Gasteiger partial charge >= 0.3 is 0 Å². The molecule has 0 atom stereocenters. The van der Waals surface area contributed by atoms with Gasteiger partial charge in [-0.25, -0.2) is 13.4 Å². The quantitative estimate of drug-likeness (QED) is 0.423. The number of nitrogens with one attached hydrogen (secondary N) is 2. The number of aryl methyl sites for hydroxylation is 2. The summed E-state index contributed by atoms with van der Waals surface area (Å²) in [6, 6.07) is 11.3. The highest BCUT2D eigenvalue weighted by Crippen LogP contribution is 2.24. The van der Waals surface area contributed by atoms with Gasteiger partial charge in [-0.3, -0.25) is 20.3 Å². The molecule has 2 aromatic carbocycles. The van der Waals surface area contributed by atoms with E-state index in [1.54, 1.807) is 0 Å². The van der Waals surface area contributed by atoms with E-state index in [4.69, 9.17) is 0 Å².